The van der Waals surface area contributed by atoms with E-state index in [2.05, 4.69) is 39.7 Å². The fourth-order valence-electron chi connectivity index (χ4n) is 2.58. The molecule has 3 rings (SSSR count). The molecule has 1 heterocycles. The van der Waals surface area contributed by atoms with Crippen LogP contribution < -0.4 is 10.6 Å². The summed E-state index contributed by atoms with van der Waals surface area (Å²) in [6.07, 6.45) is 1.70. The van der Waals surface area contributed by atoms with Gasteiger partial charge in [-0.2, -0.15) is 4.98 Å². The zero-order valence-corrected chi connectivity index (χ0v) is 15.3. The fraction of sp³-hybridized carbons (Fsp3) is 0.190. The number of carbonyl (C=O) groups is 1. The Kier molecular flexibility index (Phi) is 5.99. The summed E-state index contributed by atoms with van der Waals surface area (Å²) in [5.74, 6) is 0.873. The van der Waals surface area contributed by atoms with Crippen LogP contribution in [0.4, 0.5) is 17.5 Å². The van der Waals surface area contributed by atoms with E-state index in [1.807, 2.05) is 24.3 Å². The molecule has 6 nitrogen and oxygen atoms in total. The first-order valence-electron chi connectivity index (χ1n) is 8.84. The molecule has 6 heteroatoms. The van der Waals surface area contributed by atoms with Gasteiger partial charge in [0.15, 0.2) is 0 Å². The molecule has 0 radical (unpaired) electrons. The molecule has 0 saturated carbocycles. The molecule has 0 aliphatic carbocycles. The van der Waals surface area contributed by atoms with Gasteiger partial charge in [0.05, 0.1) is 12.2 Å². The van der Waals surface area contributed by atoms with Gasteiger partial charge in [-0.05, 0) is 49.7 Å². The van der Waals surface area contributed by atoms with Gasteiger partial charge in [0.2, 0.25) is 5.95 Å². The molecule has 0 amide bonds. The molecular formula is C21H22N4O2. The molecule has 27 heavy (non-hydrogen) atoms. The molecule has 2 aromatic carbocycles. The highest BCUT2D eigenvalue weighted by Gasteiger charge is 2.08. The van der Waals surface area contributed by atoms with Crippen molar-refractivity contribution in [2.24, 2.45) is 0 Å². The Balaban J connectivity index is 1.66. The standard InChI is InChI=1S/C21H22N4O2/c1-3-27-20(26)17-9-11-18(12-10-17)24-21-22-14-13-19(25-21)23-15(2)16-7-5-4-6-8-16/h4-15H,3H2,1-2H3,(H2,22,23,24,25). The molecule has 2 N–H and O–H groups in total. The highest BCUT2D eigenvalue weighted by atomic mass is 16.5. The highest BCUT2D eigenvalue weighted by molar-refractivity contribution is 5.89. The van der Waals surface area contributed by atoms with Crippen LogP contribution >= 0.6 is 0 Å². The van der Waals surface area contributed by atoms with E-state index >= 15 is 0 Å². The third-order valence-corrected chi connectivity index (χ3v) is 3.97. The summed E-state index contributed by atoms with van der Waals surface area (Å²) in [6, 6.07) is 19.1. The SMILES string of the molecule is CCOC(=O)c1ccc(Nc2nccc(NC(C)c3ccccc3)n2)cc1. The summed E-state index contributed by atoms with van der Waals surface area (Å²) in [6.45, 7) is 4.22. The normalized spacial score (nSPS) is 11.5. The van der Waals surface area contributed by atoms with Crippen molar-refractivity contribution in [3.8, 4) is 0 Å². The number of aromatic nitrogens is 2. The van der Waals surface area contributed by atoms with Crippen LogP contribution in [0.1, 0.15) is 35.8 Å². The van der Waals surface area contributed by atoms with Gasteiger partial charge in [-0.25, -0.2) is 9.78 Å². The second-order valence-corrected chi connectivity index (χ2v) is 5.97. The Morgan fingerprint density at radius 1 is 1.07 bits per heavy atom. The molecule has 138 valence electrons. The van der Waals surface area contributed by atoms with E-state index in [1.54, 1.807) is 37.4 Å². The lowest BCUT2D eigenvalue weighted by atomic mass is 10.1. The molecule has 0 saturated heterocycles. The quantitative estimate of drug-likeness (QED) is 0.600. The molecular weight excluding hydrogens is 340 g/mol. The molecule has 0 aliphatic heterocycles. The maximum Gasteiger partial charge on any atom is 0.338 e. The monoisotopic (exact) mass is 362 g/mol. The maximum atomic E-state index is 11.7. The average molecular weight is 362 g/mol. The molecule has 1 aromatic heterocycles. The van der Waals surface area contributed by atoms with E-state index in [1.165, 1.54) is 5.56 Å². The largest absolute Gasteiger partial charge is 0.462 e. The van der Waals surface area contributed by atoms with Crippen LogP contribution in [0.5, 0.6) is 0 Å². The number of hydrogen-bond acceptors (Lipinski definition) is 6. The van der Waals surface area contributed by atoms with Crippen molar-refractivity contribution >= 4 is 23.4 Å². The van der Waals surface area contributed by atoms with Crippen LogP contribution in [0, 0.1) is 0 Å². The van der Waals surface area contributed by atoms with Gasteiger partial charge in [0, 0.05) is 17.9 Å². The zero-order valence-electron chi connectivity index (χ0n) is 15.3. The molecule has 1 unspecified atom stereocenters. The molecule has 0 fully saturated rings. The van der Waals surface area contributed by atoms with Gasteiger partial charge >= 0.3 is 5.97 Å². The number of carbonyl (C=O) groups excluding carboxylic acids is 1. The number of rotatable bonds is 7. The Labute approximate surface area is 158 Å². The van der Waals surface area contributed by atoms with Crippen molar-refractivity contribution in [2.45, 2.75) is 19.9 Å². The van der Waals surface area contributed by atoms with Crippen LogP contribution in [0.15, 0.2) is 66.9 Å². The molecule has 0 aliphatic rings. The molecule has 0 spiro atoms. The molecule has 0 bridgehead atoms. The predicted octanol–water partition coefficient (Wildman–Crippen LogP) is 4.57. The highest BCUT2D eigenvalue weighted by Crippen LogP contribution is 2.19. The number of hydrogen-bond donors (Lipinski definition) is 2. The third-order valence-electron chi connectivity index (χ3n) is 3.97. The third kappa shape index (κ3) is 5.04. The van der Waals surface area contributed by atoms with Gasteiger partial charge < -0.3 is 15.4 Å². The number of nitrogens with one attached hydrogen (secondary N) is 2. The van der Waals surface area contributed by atoms with Gasteiger partial charge in [-0.1, -0.05) is 30.3 Å². The Bertz CT molecular complexity index is 882. The summed E-state index contributed by atoms with van der Waals surface area (Å²) in [5, 5.41) is 6.51. The van der Waals surface area contributed by atoms with E-state index in [-0.39, 0.29) is 12.0 Å². The van der Waals surface area contributed by atoms with E-state index in [0.717, 1.165) is 11.5 Å². The Hall–Kier alpha value is -3.41. The fourth-order valence-corrected chi connectivity index (χ4v) is 2.58. The minimum absolute atomic E-state index is 0.123. The van der Waals surface area contributed by atoms with Crippen molar-refractivity contribution in [1.29, 1.82) is 0 Å². The van der Waals surface area contributed by atoms with Crippen LogP contribution in [-0.4, -0.2) is 22.5 Å². The van der Waals surface area contributed by atoms with Gasteiger partial charge in [-0.15, -0.1) is 0 Å². The average Bonchev–Trinajstić information content (AvgIpc) is 2.70. The maximum absolute atomic E-state index is 11.7. The van der Waals surface area contributed by atoms with E-state index in [0.29, 0.717) is 18.1 Å². The summed E-state index contributed by atoms with van der Waals surface area (Å²) in [5.41, 5.74) is 2.48. The lowest BCUT2D eigenvalue weighted by Gasteiger charge is -2.15. The number of esters is 1. The minimum Gasteiger partial charge on any atom is -0.462 e. The number of ether oxygens (including phenoxy) is 1. The number of benzene rings is 2. The van der Waals surface area contributed by atoms with Crippen LogP contribution in [0.25, 0.3) is 0 Å². The van der Waals surface area contributed by atoms with E-state index in [9.17, 15) is 4.79 Å². The topological polar surface area (TPSA) is 76.1 Å². The predicted molar refractivity (Wildman–Crippen MR) is 106 cm³/mol. The lowest BCUT2D eigenvalue weighted by molar-refractivity contribution is 0.0526. The van der Waals surface area contributed by atoms with Crippen molar-refractivity contribution in [3.05, 3.63) is 78.0 Å². The second-order valence-electron chi connectivity index (χ2n) is 5.97. The summed E-state index contributed by atoms with van der Waals surface area (Å²) >= 11 is 0. The Morgan fingerprint density at radius 2 is 1.81 bits per heavy atom. The van der Waals surface area contributed by atoms with E-state index < -0.39 is 0 Å². The molecule has 1 atom stereocenters. The molecule has 3 aromatic rings. The van der Waals surface area contributed by atoms with Crippen LogP contribution in [0.3, 0.4) is 0 Å². The summed E-state index contributed by atoms with van der Waals surface area (Å²) < 4.78 is 4.98. The first-order valence-corrected chi connectivity index (χ1v) is 8.84. The summed E-state index contributed by atoms with van der Waals surface area (Å²) in [7, 11) is 0. The van der Waals surface area contributed by atoms with Gasteiger partial charge in [-0.3, -0.25) is 0 Å². The smallest absolute Gasteiger partial charge is 0.338 e. The summed E-state index contributed by atoms with van der Waals surface area (Å²) in [4.78, 5) is 20.4. The number of anilines is 3. The van der Waals surface area contributed by atoms with E-state index in [4.69, 9.17) is 4.74 Å². The van der Waals surface area contributed by atoms with Crippen LogP contribution in [-0.2, 0) is 4.74 Å². The van der Waals surface area contributed by atoms with Crippen molar-refractivity contribution in [2.75, 3.05) is 17.2 Å². The van der Waals surface area contributed by atoms with Crippen molar-refractivity contribution < 1.29 is 9.53 Å². The first-order chi connectivity index (χ1) is 13.2. The van der Waals surface area contributed by atoms with Gasteiger partial charge in [0.1, 0.15) is 5.82 Å². The van der Waals surface area contributed by atoms with Gasteiger partial charge in [0.25, 0.3) is 0 Å². The zero-order chi connectivity index (χ0) is 19.1. The lowest BCUT2D eigenvalue weighted by Crippen LogP contribution is -2.09. The van der Waals surface area contributed by atoms with Crippen molar-refractivity contribution in [3.63, 3.8) is 0 Å². The Morgan fingerprint density at radius 3 is 2.52 bits per heavy atom. The second kappa shape index (κ2) is 8.80. The van der Waals surface area contributed by atoms with Crippen molar-refractivity contribution in [1.82, 2.24) is 9.97 Å². The number of nitrogens with zero attached hydrogens (tertiary/aromatic N) is 2. The first kappa shape index (κ1) is 18.4. The van der Waals surface area contributed by atoms with Crippen LogP contribution in [0.2, 0.25) is 0 Å². The minimum atomic E-state index is -0.332.